The highest BCUT2D eigenvalue weighted by molar-refractivity contribution is 5.79. The van der Waals surface area contributed by atoms with E-state index in [0.29, 0.717) is 0 Å². The van der Waals surface area contributed by atoms with E-state index in [1.807, 2.05) is 0 Å². The van der Waals surface area contributed by atoms with Crippen molar-refractivity contribution in [3.63, 3.8) is 0 Å². The van der Waals surface area contributed by atoms with Crippen LogP contribution in [-0.4, -0.2) is 17.6 Å². The first-order valence-corrected chi connectivity index (χ1v) is 4.40. The largest absolute Gasteiger partial charge is 0.478 e. The lowest BCUT2D eigenvalue weighted by molar-refractivity contribution is -0.131. The number of rotatable bonds is 7. The fourth-order valence-electron chi connectivity index (χ4n) is 0.867. The van der Waals surface area contributed by atoms with E-state index in [2.05, 4.69) is 12.2 Å². The van der Waals surface area contributed by atoms with E-state index in [4.69, 9.17) is 5.11 Å². The van der Waals surface area contributed by atoms with Gasteiger partial charge in [-0.25, -0.2) is 4.79 Å². The molecule has 3 nitrogen and oxygen atoms in total. The van der Waals surface area contributed by atoms with Gasteiger partial charge in [0, 0.05) is 18.8 Å². The molecular weight excluding hydrogens is 154 g/mol. The van der Waals surface area contributed by atoms with Gasteiger partial charge in [-0.3, -0.25) is 0 Å². The van der Waals surface area contributed by atoms with Gasteiger partial charge in [-0.15, -0.1) is 0 Å². The van der Waals surface area contributed by atoms with Gasteiger partial charge in [-0.05, 0) is 6.42 Å². The maximum Gasteiger partial charge on any atom is 0.329 e. The summed E-state index contributed by atoms with van der Waals surface area (Å²) < 4.78 is 0. The SMILES string of the molecule is CCCCCCN/C=C/C(=O)O. The molecule has 0 fully saturated rings. The van der Waals surface area contributed by atoms with Crippen LogP contribution >= 0.6 is 0 Å². The van der Waals surface area contributed by atoms with E-state index in [-0.39, 0.29) is 0 Å². The highest BCUT2D eigenvalue weighted by atomic mass is 16.4. The molecule has 2 N–H and O–H groups in total. The third-order valence-corrected chi connectivity index (χ3v) is 1.52. The molecule has 0 spiro atoms. The number of hydrogen-bond acceptors (Lipinski definition) is 2. The fraction of sp³-hybridized carbons (Fsp3) is 0.667. The first-order valence-electron chi connectivity index (χ1n) is 4.40. The van der Waals surface area contributed by atoms with Crippen molar-refractivity contribution in [3.8, 4) is 0 Å². The van der Waals surface area contributed by atoms with Crippen molar-refractivity contribution in [2.75, 3.05) is 6.54 Å². The Balaban J connectivity index is 3.05. The number of carboxylic acid groups (broad SMARTS) is 1. The van der Waals surface area contributed by atoms with E-state index in [1.54, 1.807) is 0 Å². The van der Waals surface area contributed by atoms with E-state index >= 15 is 0 Å². The molecule has 0 aliphatic carbocycles. The van der Waals surface area contributed by atoms with Crippen LogP contribution in [0, 0.1) is 0 Å². The minimum atomic E-state index is -0.906. The van der Waals surface area contributed by atoms with Crippen LogP contribution < -0.4 is 5.32 Å². The third-order valence-electron chi connectivity index (χ3n) is 1.52. The summed E-state index contributed by atoms with van der Waals surface area (Å²) in [5.74, 6) is -0.906. The zero-order chi connectivity index (χ0) is 9.23. The van der Waals surface area contributed by atoms with E-state index in [9.17, 15) is 4.79 Å². The standard InChI is InChI=1S/C9H17NO2/c1-2-3-4-5-7-10-8-6-9(11)12/h6,8,10H,2-5,7H2,1H3,(H,11,12)/b8-6+. The van der Waals surface area contributed by atoms with Crippen molar-refractivity contribution in [3.05, 3.63) is 12.3 Å². The van der Waals surface area contributed by atoms with Crippen LogP contribution in [0.1, 0.15) is 32.6 Å². The summed E-state index contributed by atoms with van der Waals surface area (Å²) in [7, 11) is 0. The second-order valence-corrected chi connectivity index (χ2v) is 2.69. The predicted octanol–water partition coefficient (Wildman–Crippen LogP) is 1.75. The molecular formula is C9H17NO2. The molecule has 0 radical (unpaired) electrons. The number of carboxylic acids is 1. The zero-order valence-corrected chi connectivity index (χ0v) is 7.55. The number of carbonyl (C=O) groups is 1. The number of hydrogen-bond donors (Lipinski definition) is 2. The summed E-state index contributed by atoms with van der Waals surface area (Å²) in [5.41, 5.74) is 0. The average Bonchev–Trinajstić information content (AvgIpc) is 2.02. The fourth-order valence-corrected chi connectivity index (χ4v) is 0.867. The van der Waals surface area contributed by atoms with Crippen molar-refractivity contribution in [2.24, 2.45) is 0 Å². The van der Waals surface area contributed by atoms with Crippen LogP contribution in [0.25, 0.3) is 0 Å². The molecule has 0 saturated heterocycles. The van der Waals surface area contributed by atoms with Gasteiger partial charge in [0.25, 0.3) is 0 Å². The summed E-state index contributed by atoms with van der Waals surface area (Å²) in [4.78, 5) is 10.0. The average molecular weight is 171 g/mol. The molecule has 0 unspecified atom stereocenters. The van der Waals surface area contributed by atoms with Gasteiger partial charge in [-0.2, -0.15) is 0 Å². The maximum absolute atomic E-state index is 10.0. The predicted molar refractivity (Wildman–Crippen MR) is 48.9 cm³/mol. The minimum Gasteiger partial charge on any atom is -0.478 e. The Kier molecular flexibility index (Phi) is 7.44. The first-order chi connectivity index (χ1) is 5.77. The molecule has 0 amide bonds. The maximum atomic E-state index is 10.0. The quantitative estimate of drug-likeness (QED) is 0.453. The number of unbranched alkanes of at least 4 members (excludes halogenated alkanes) is 3. The smallest absolute Gasteiger partial charge is 0.329 e. The Morgan fingerprint density at radius 2 is 2.17 bits per heavy atom. The summed E-state index contributed by atoms with van der Waals surface area (Å²) in [6.45, 7) is 3.03. The van der Waals surface area contributed by atoms with Crippen molar-refractivity contribution in [2.45, 2.75) is 32.6 Å². The van der Waals surface area contributed by atoms with Gasteiger partial charge in [0.1, 0.15) is 0 Å². The summed E-state index contributed by atoms with van der Waals surface area (Å²) in [5, 5.41) is 11.1. The van der Waals surface area contributed by atoms with Crippen LogP contribution in [0.2, 0.25) is 0 Å². The monoisotopic (exact) mass is 171 g/mol. The molecule has 0 aliphatic rings. The van der Waals surface area contributed by atoms with E-state index in [1.165, 1.54) is 25.5 Å². The summed E-state index contributed by atoms with van der Waals surface area (Å²) in [6.07, 6.45) is 7.39. The van der Waals surface area contributed by atoms with Crippen molar-refractivity contribution in [1.82, 2.24) is 5.32 Å². The van der Waals surface area contributed by atoms with Crippen molar-refractivity contribution < 1.29 is 9.90 Å². The van der Waals surface area contributed by atoms with Crippen LogP contribution in [0.5, 0.6) is 0 Å². The molecule has 0 aromatic heterocycles. The topological polar surface area (TPSA) is 49.3 Å². The molecule has 0 bridgehead atoms. The lowest BCUT2D eigenvalue weighted by Gasteiger charge is -1.98. The highest BCUT2D eigenvalue weighted by Gasteiger charge is 1.86. The Bertz CT molecular complexity index is 143. The lowest BCUT2D eigenvalue weighted by atomic mass is 10.2. The molecule has 3 heteroatoms. The second kappa shape index (κ2) is 8.11. The first kappa shape index (κ1) is 11.0. The number of aliphatic carboxylic acids is 1. The lowest BCUT2D eigenvalue weighted by Crippen LogP contribution is -2.07. The van der Waals surface area contributed by atoms with E-state index < -0.39 is 5.97 Å². The van der Waals surface area contributed by atoms with E-state index in [0.717, 1.165) is 19.0 Å². The molecule has 0 rings (SSSR count). The Hall–Kier alpha value is -0.990. The minimum absolute atomic E-state index is 0.865. The van der Waals surface area contributed by atoms with Crippen molar-refractivity contribution in [1.29, 1.82) is 0 Å². The molecule has 12 heavy (non-hydrogen) atoms. The second-order valence-electron chi connectivity index (χ2n) is 2.69. The van der Waals surface area contributed by atoms with Crippen LogP contribution in [0.4, 0.5) is 0 Å². The van der Waals surface area contributed by atoms with Crippen LogP contribution in [0.3, 0.4) is 0 Å². The molecule has 0 heterocycles. The molecule has 0 aromatic carbocycles. The molecule has 0 atom stereocenters. The van der Waals surface area contributed by atoms with Gasteiger partial charge in [0.2, 0.25) is 0 Å². The van der Waals surface area contributed by atoms with Crippen LogP contribution in [-0.2, 0) is 4.79 Å². The molecule has 0 saturated carbocycles. The van der Waals surface area contributed by atoms with Gasteiger partial charge < -0.3 is 10.4 Å². The third kappa shape index (κ3) is 9.01. The van der Waals surface area contributed by atoms with Gasteiger partial charge in [0.05, 0.1) is 0 Å². The van der Waals surface area contributed by atoms with Gasteiger partial charge in [-0.1, -0.05) is 26.2 Å². The Morgan fingerprint density at radius 3 is 2.75 bits per heavy atom. The zero-order valence-electron chi connectivity index (χ0n) is 7.55. The Morgan fingerprint density at radius 1 is 1.42 bits per heavy atom. The van der Waals surface area contributed by atoms with Gasteiger partial charge in [0.15, 0.2) is 0 Å². The van der Waals surface area contributed by atoms with Gasteiger partial charge >= 0.3 is 5.97 Å². The highest BCUT2D eigenvalue weighted by Crippen LogP contribution is 1.96. The summed E-state index contributed by atoms with van der Waals surface area (Å²) in [6, 6.07) is 0. The van der Waals surface area contributed by atoms with Crippen LogP contribution in [0.15, 0.2) is 12.3 Å². The molecule has 0 aromatic rings. The molecule has 0 aliphatic heterocycles. The number of nitrogens with one attached hydrogen (secondary N) is 1. The summed E-state index contributed by atoms with van der Waals surface area (Å²) >= 11 is 0. The normalized spacial score (nSPS) is 10.4. The Labute approximate surface area is 73.5 Å². The molecule has 70 valence electrons. The van der Waals surface area contributed by atoms with Crippen molar-refractivity contribution >= 4 is 5.97 Å².